The lowest BCUT2D eigenvalue weighted by Crippen LogP contribution is -2.55. The zero-order valence-corrected chi connectivity index (χ0v) is 18.9. The van der Waals surface area contributed by atoms with Crippen molar-refractivity contribution in [1.82, 2.24) is 20.3 Å². The molecule has 2 aliphatic rings. The number of hydrogen-bond donors (Lipinski definition) is 1. The van der Waals surface area contributed by atoms with Gasteiger partial charge in [-0.25, -0.2) is 4.79 Å². The van der Waals surface area contributed by atoms with Crippen LogP contribution < -0.4 is 10.2 Å². The van der Waals surface area contributed by atoms with E-state index in [0.717, 1.165) is 38.1 Å². The molecule has 8 heteroatoms. The number of carbonyl (C=O) groups is 2. The van der Waals surface area contributed by atoms with Crippen molar-refractivity contribution in [2.45, 2.75) is 46.7 Å². The molecule has 0 saturated carbocycles. The minimum Gasteiger partial charge on any atom is -0.354 e. The van der Waals surface area contributed by atoms with E-state index in [9.17, 15) is 9.59 Å². The smallest absolute Gasteiger partial charge is 0.329 e. The summed E-state index contributed by atoms with van der Waals surface area (Å²) >= 11 is 0. The molecule has 0 unspecified atom stereocenters. The number of urea groups is 1. The molecule has 2 aromatic rings. The van der Waals surface area contributed by atoms with Crippen molar-refractivity contribution in [2.24, 2.45) is 11.8 Å². The van der Waals surface area contributed by atoms with E-state index >= 15 is 0 Å². The Morgan fingerprint density at radius 1 is 1.16 bits per heavy atom. The maximum Gasteiger partial charge on any atom is 0.329 e. The Bertz CT molecular complexity index is 954. The lowest BCUT2D eigenvalue weighted by molar-refractivity contribution is -0.120. The molecule has 2 saturated heterocycles. The van der Waals surface area contributed by atoms with Crippen molar-refractivity contribution >= 4 is 28.7 Å². The Labute approximate surface area is 183 Å². The third kappa shape index (κ3) is 4.75. The number of nitrogens with one attached hydrogen (secondary N) is 1. The minimum absolute atomic E-state index is 0.258. The van der Waals surface area contributed by atoms with Crippen LogP contribution >= 0.6 is 0 Å². The van der Waals surface area contributed by atoms with Crippen LogP contribution in [0, 0.1) is 11.8 Å². The molecule has 8 nitrogen and oxygen atoms in total. The average Bonchev–Trinajstić information content (AvgIpc) is 3.11. The molecule has 4 rings (SSSR count). The lowest BCUT2D eigenvalue weighted by atomic mass is 9.98. The summed E-state index contributed by atoms with van der Waals surface area (Å²) in [5.74, 6) is 1.46. The van der Waals surface area contributed by atoms with Gasteiger partial charge in [0.25, 0.3) is 0 Å². The van der Waals surface area contributed by atoms with Crippen LogP contribution in [0.15, 0.2) is 22.7 Å². The second-order valence-corrected chi connectivity index (χ2v) is 9.53. The van der Waals surface area contributed by atoms with Gasteiger partial charge in [-0.3, -0.25) is 19.9 Å². The summed E-state index contributed by atoms with van der Waals surface area (Å²) in [6, 6.07) is 6.13. The monoisotopic (exact) mass is 427 g/mol. The van der Waals surface area contributed by atoms with Crippen LogP contribution in [-0.4, -0.2) is 65.7 Å². The van der Waals surface area contributed by atoms with Crippen LogP contribution in [0.4, 0.5) is 10.6 Å². The Kier molecular flexibility index (Phi) is 6.29. The van der Waals surface area contributed by atoms with E-state index in [1.807, 2.05) is 6.07 Å². The van der Waals surface area contributed by atoms with Gasteiger partial charge in [0.2, 0.25) is 5.91 Å². The lowest BCUT2D eigenvalue weighted by Gasteiger charge is -2.44. The van der Waals surface area contributed by atoms with Gasteiger partial charge < -0.3 is 9.42 Å². The highest BCUT2D eigenvalue weighted by atomic mass is 16.5. The van der Waals surface area contributed by atoms with Gasteiger partial charge in [-0.2, -0.15) is 0 Å². The van der Waals surface area contributed by atoms with E-state index in [2.05, 4.69) is 60.1 Å². The molecule has 2 aliphatic heterocycles. The molecular formula is C23H33N5O3. The summed E-state index contributed by atoms with van der Waals surface area (Å²) < 4.78 is 5.46. The molecule has 0 aliphatic carbocycles. The second-order valence-electron chi connectivity index (χ2n) is 9.53. The fraction of sp³-hybridized carbons (Fsp3) is 0.609. The number of benzene rings is 1. The Morgan fingerprint density at radius 2 is 1.97 bits per heavy atom. The van der Waals surface area contributed by atoms with Crippen LogP contribution in [0.1, 0.15) is 39.7 Å². The van der Waals surface area contributed by atoms with Crippen LogP contribution in [0.2, 0.25) is 0 Å². The number of anilines is 1. The highest BCUT2D eigenvalue weighted by Gasteiger charge is 2.31. The Morgan fingerprint density at radius 3 is 2.68 bits per heavy atom. The molecule has 0 radical (unpaired) electrons. The summed E-state index contributed by atoms with van der Waals surface area (Å²) in [6.45, 7) is 14.7. The predicted octanol–water partition coefficient (Wildman–Crippen LogP) is 3.07. The van der Waals surface area contributed by atoms with Crippen molar-refractivity contribution in [3.05, 3.63) is 23.8 Å². The first-order valence-electron chi connectivity index (χ1n) is 11.3. The predicted molar refractivity (Wildman–Crippen MR) is 120 cm³/mol. The number of piperazine rings is 1. The van der Waals surface area contributed by atoms with Gasteiger partial charge in [0.15, 0.2) is 11.4 Å². The number of imide groups is 1. The van der Waals surface area contributed by atoms with E-state index in [-0.39, 0.29) is 12.3 Å². The Balaban J connectivity index is 1.53. The quantitative estimate of drug-likeness (QED) is 0.763. The molecule has 1 aromatic carbocycles. The SMILES string of the molecule is CC(C)CN1CCN(Cc2ccc3onc(N4CCC(=O)NC4=O)c3c2)[C@H](C(C)C)C1. The molecule has 31 heavy (non-hydrogen) atoms. The second kappa shape index (κ2) is 8.96. The van der Waals surface area contributed by atoms with Gasteiger partial charge in [0.05, 0.1) is 5.39 Å². The number of rotatable bonds is 6. The van der Waals surface area contributed by atoms with Crippen LogP contribution in [0.3, 0.4) is 0 Å². The van der Waals surface area contributed by atoms with Gasteiger partial charge in [-0.05, 0) is 29.5 Å². The summed E-state index contributed by atoms with van der Waals surface area (Å²) in [7, 11) is 0. The molecule has 1 aromatic heterocycles. The fourth-order valence-corrected chi connectivity index (χ4v) is 4.68. The number of carbonyl (C=O) groups excluding carboxylic acids is 2. The zero-order chi connectivity index (χ0) is 22.1. The molecule has 1 N–H and O–H groups in total. The number of amides is 3. The first kappa shape index (κ1) is 21.8. The van der Waals surface area contributed by atoms with Crippen LogP contribution in [0.5, 0.6) is 0 Å². The largest absolute Gasteiger partial charge is 0.354 e. The molecule has 0 spiro atoms. The van der Waals surface area contributed by atoms with Gasteiger partial charge >= 0.3 is 6.03 Å². The maximum atomic E-state index is 12.3. The maximum absolute atomic E-state index is 12.3. The van der Waals surface area contributed by atoms with Gasteiger partial charge in [0, 0.05) is 51.7 Å². The van der Waals surface area contributed by atoms with Gasteiger partial charge in [0.1, 0.15) is 0 Å². The summed E-state index contributed by atoms with van der Waals surface area (Å²) in [6.07, 6.45) is 0.260. The highest BCUT2D eigenvalue weighted by Crippen LogP contribution is 2.29. The molecule has 0 bridgehead atoms. The Hall–Kier alpha value is -2.45. The van der Waals surface area contributed by atoms with Gasteiger partial charge in [-0.1, -0.05) is 38.9 Å². The number of aromatic nitrogens is 1. The number of nitrogens with zero attached hydrogens (tertiary/aromatic N) is 4. The van der Waals surface area contributed by atoms with Crippen molar-refractivity contribution in [3.8, 4) is 0 Å². The topological polar surface area (TPSA) is 81.9 Å². The van der Waals surface area contributed by atoms with E-state index in [4.69, 9.17) is 4.52 Å². The summed E-state index contributed by atoms with van der Waals surface area (Å²) in [5, 5.41) is 7.28. The van der Waals surface area contributed by atoms with E-state index < -0.39 is 6.03 Å². The van der Waals surface area contributed by atoms with Gasteiger partial charge in [-0.15, -0.1) is 0 Å². The number of fused-ring (bicyclic) bond motifs is 1. The molecule has 3 amide bonds. The van der Waals surface area contributed by atoms with Crippen molar-refractivity contribution in [1.29, 1.82) is 0 Å². The van der Waals surface area contributed by atoms with Crippen LogP contribution in [-0.2, 0) is 11.3 Å². The standard InChI is InChI=1S/C23H33N5O3/c1-15(2)12-26-9-10-27(19(14-26)16(3)4)13-17-5-6-20-18(11-17)22(25-31-20)28-8-7-21(29)24-23(28)30/h5-6,11,15-16,19H,7-10,12-14H2,1-4H3,(H,24,29,30)/t19-/m0/s1. The fourth-order valence-electron chi connectivity index (χ4n) is 4.68. The zero-order valence-electron chi connectivity index (χ0n) is 18.9. The third-order valence-electron chi connectivity index (χ3n) is 6.22. The van der Waals surface area contributed by atoms with E-state index in [0.29, 0.717) is 35.8 Å². The number of hydrogen-bond acceptors (Lipinski definition) is 6. The van der Waals surface area contributed by atoms with Crippen LogP contribution in [0.25, 0.3) is 11.0 Å². The molecule has 2 fully saturated rings. The molecule has 168 valence electrons. The molecule has 1 atom stereocenters. The minimum atomic E-state index is -0.446. The molecular weight excluding hydrogens is 394 g/mol. The third-order valence-corrected chi connectivity index (χ3v) is 6.22. The van der Waals surface area contributed by atoms with E-state index in [1.54, 1.807) is 0 Å². The van der Waals surface area contributed by atoms with Crippen molar-refractivity contribution in [2.75, 3.05) is 37.6 Å². The van der Waals surface area contributed by atoms with Crippen molar-refractivity contribution < 1.29 is 14.1 Å². The highest BCUT2D eigenvalue weighted by molar-refractivity contribution is 6.08. The summed E-state index contributed by atoms with van der Waals surface area (Å²) in [5.41, 5.74) is 1.82. The van der Waals surface area contributed by atoms with Crippen molar-refractivity contribution in [3.63, 3.8) is 0 Å². The molecule has 3 heterocycles. The first-order valence-corrected chi connectivity index (χ1v) is 11.3. The average molecular weight is 428 g/mol. The first-order chi connectivity index (χ1) is 14.8. The normalized spacial score (nSPS) is 21.5. The van der Waals surface area contributed by atoms with E-state index in [1.165, 1.54) is 10.5 Å². The summed E-state index contributed by atoms with van der Waals surface area (Å²) in [4.78, 5) is 30.4.